The molecule has 3 heterocycles. The summed E-state index contributed by atoms with van der Waals surface area (Å²) in [6, 6.07) is 2.01. The minimum absolute atomic E-state index is 0.0331. The number of aromatic nitrogens is 2. The lowest BCUT2D eigenvalue weighted by Crippen LogP contribution is -2.52. The molecule has 0 N–H and O–H groups in total. The minimum atomic E-state index is -0.808. The molecule has 1 unspecified atom stereocenters. The van der Waals surface area contributed by atoms with Crippen molar-refractivity contribution in [3.8, 4) is 0 Å². The second-order valence-corrected chi connectivity index (χ2v) is 6.28. The minimum Gasteiger partial charge on any atom is -0.378 e. The molecule has 1 aromatic heterocycles. The fourth-order valence-electron chi connectivity index (χ4n) is 3.16. The number of nitrogens with zero attached hydrogens (tertiary/aromatic N) is 4. The van der Waals surface area contributed by atoms with Gasteiger partial charge in [-0.1, -0.05) is 0 Å². The lowest BCUT2D eigenvalue weighted by molar-refractivity contribution is -0.159. The van der Waals surface area contributed by atoms with Gasteiger partial charge in [0.05, 0.1) is 18.9 Å². The van der Waals surface area contributed by atoms with Crippen molar-refractivity contribution in [3.63, 3.8) is 0 Å². The zero-order valence-corrected chi connectivity index (χ0v) is 14.0. The maximum atomic E-state index is 13.0. The number of carbonyl (C=O) groups is 1. The summed E-state index contributed by atoms with van der Waals surface area (Å²) in [6.45, 7) is 4.55. The molecule has 1 atom stereocenters. The topological polar surface area (TPSA) is 67.8 Å². The standard InChI is InChI=1S/C16H24N4O3/c1-4-23-16(6-8-22-11-16)15(21)20-7-5-13-12(10-20)9-14(18-17-13)19(2)3/h9H,4-8,10-11H2,1-3H3. The van der Waals surface area contributed by atoms with E-state index in [0.717, 1.165) is 23.5 Å². The van der Waals surface area contributed by atoms with E-state index in [0.29, 0.717) is 39.3 Å². The average molecular weight is 320 g/mol. The van der Waals surface area contributed by atoms with E-state index in [-0.39, 0.29) is 5.91 Å². The van der Waals surface area contributed by atoms with Gasteiger partial charge in [0.25, 0.3) is 5.91 Å². The molecule has 0 saturated carbocycles. The first-order valence-electron chi connectivity index (χ1n) is 8.09. The molecule has 7 heteroatoms. The number of hydrogen-bond donors (Lipinski definition) is 0. The number of amides is 1. The van der Waals surface area contributed by atoms with Crippen molar-refractivity contribution in [1.29, 1.82) is 0 Å². The Labute approximate surface area is 136 Å². The van der Waals surface area contributed by atoms with Crippen molar-refractivity contribution in [3.05, 3.63) is 17.3 Å². The van der Waals surface area contributed by atoms with E-state index in [2.05, 4.69) is 10.2 Å². The smallest absolute Gasteiger partial charge is 0.257 e. The summed E-state index contributed by atoms with van der Waals surface area (Å²) in [5, 5.41) is 8.51. The van der Waals surface area contributed by atoms with Crippen molar-refractivity contribution in [2.75, 3.05) is 45.4 Å². The third-order valence-corrected chi connectivity index (χ3v) is 4.47. The third kappa shape index (κ3) is 3.03. The van der Waals surface area contributed by atoms with E-state index in [4.69, 9.17) is 9.47 Å². The monoisotopic (exact) mass is 320 g/mol. The molecule has 2 aliphatic rings. The number of ether oxygens (including phenoxy) is 2. The van der Waals surface area contributed by atoms with Gasteiger partial charge in [-0.15, -0.1) is 5.10 Å². The molecular weight excluding hydrogens is 296 g/mol. The highest BCUT2D eigenvalue weighted by Gasteiger charge is 2.46. The lowest BCUT2D eigenvalue weighted by atomic mass is 9.98. The quantitative estimate of drug-likeness (QED) is 0.810. The first-order chi connectivity index (χ1) is 11.1. The highest BCUT2D eigenvalue weighted by Crippen LogP contribution is 2.29. The van der Waals surface area contributed by atoms with Crippen LogP contribution in [0.1, 0.15) is 24.6 Å². The summed E-state index contributed by atoms with van der Waals surface area (Å²) < 4.78 is 11.2. The summed E-state index contributed by atoms with van der Waals surface area (Å²) in [5.41, 5.74) is 1.23. The van der Waals surface area contributed by atoms with Gasteiger partial charge >= 0.3 is 0 Å². The highest BCUT2D eigenvalue weighted by molar-refractivity contribution is 5.86. The van der Waals surface area contributed by atoms with Crippen LogP contribution < -0.4 is 4.90 Å². The third-order valence-electron chi connectivity index (χ3n) is 4.47. The second kappa shape index (κ2) is 6.41. The molecule has 0 spiro atoms. The van der Waals surface area contributed by atoms with E-state index < -0.39 is 5.60 Å². The highest BCUT2D eigenvalue weighted by atomic mass is 16.6. The predicted molar refractivity (Wildman–Crippen MR) is 85.3 cm³/mol. The second-order valence-electron chi connectivity index (χ2n) is 6.28. The molecule has 2 aliphatic heterocycles. The summed E-state index contributed by atoms with van der Waals surface area (Å²) >= 11 is 0. The lowest BCUT2D eigenvalue weighted by Gasteiger charge is -2.35. The Bertz CT molecular complexity index is 585. The first-order valence-corrected chi connectivity index (χ1v) is 8.09. The van der Waals surface area contributed by atoms with Gasteiger partial charge in [0.1, 0.15) is 0 Å². The molecule has 0 radical (unpaired) electrons. The molecule has 7 nitrogen and oxygen atoms in total. The number of anilines is 1. The largest absolute Gasteiger partial charge is 0.378 e. The summed E-state index contributed by atoms with van der Waals surface area (Å²) in [5.74, 6) is 0.840. The normalized spacial score (nSPS) is 23.7. The molecule has 23 heavy (non-hydrogen) atoms. The maximum Gasteiger partial charge on any atom is 0.257 e. The van der Waals surface area contributed by atoms with Gasteiger partial charge in [0.2, 0.25) is 0 Å². The zero-order chi connectivity index (χ0) is 16.4. The summed E-state index contributed by atoms with van der Waals surface area (Å²) in [7, 11) is 3.87. The molecule has 1 saturated heterocycles. The van der Waals surface area contributed by atoms with Crippen LogP contribution in [-0.4, -0.2) is 67.1 Å². The summed E-state index contributed by atoms with van der Waals surface area (Å²) in [4.78, 5) is 16.8. The zero-order valence-electron chi connectivity index (χ0n) is 14.0. The van der Waals surface area contributed by atoms with Gasteiger partial charge < -0.3 is 19.3 Å². The van der Waals surface area contributed by atoms with Crippen LogP contribution in [0.5, 0.6) is 0 Å². The van der Waals surface area contributed by atoms with Crippen molar-refractivity contribution in [2.45, 2.75) is 31.9 Å². The van der Waals surface area contributed by atoms with E-state index in [1.54, 1.807) is 0 Å². The fraction of sp³-hybridized carbons (Fsp3) is 0.688. The number of fused-ring (bicyclic) bond motifs is 1. The van der Waals surface area contributed by atoms with Crippen molar-refractivity contribution in [2.24, 2.45) is 0 Å². The van der Waals surface area contributed by atoms with Gasteiger partial charge in [0, 0.05) is 46.6 Å². The fourth-order valence-corrected chi connectivity index (χ4v) is 3.16. The Morgan fingerprint density at radius 2 is 2.30 bits per heavy atom. The molecule has 0 bridgehead atoms. The molecule has 3 rings (SSSR count). The van der Waals surface area contributed by atoms with Gasteiger partial charge in [-0.25, -0.2) is 0 Å². The first kappa shape index (κ1) is 16.1. The van der Waals surface area contributed by atoms with Gasteiger partial charge in [-0.2, -0.15) is 5.10 Å². The molecule has 0 aliphatic carbocycles. The van der Waals surface area contributed by atoms with Crippen LogP contribution >= 0.6 is 0 Å². The number of rotatable bonds is 4. The van der Waals surface area contributed by atoms with E-state index in [1.165, 1.54) is 0 Å². The Hall–Kier alpha value is -1.73. The molecule has 1 fully saturated rings. The number of carbonyl (C=O) groups excluding carboxylic acids is 1. The van der Waals surface area contributed by atoms with E-state index >= 15 is 0 Å². The van der Waals surface area contributed by atoms with Crippen LogP contribution in [-0.2, 0) is 27.2 Å². The van der Waals surface area contributed by atoms with Crippen LogP contribution in [0.4, 0.5) is 5.82 Å². The van der Waals surface area contributed by atoms with Crippen molar-refractivity contribution >= 4 is 11.7 Å². The van der Waals surface area contributed by atoms with E-state index in [9.17, 15) is 4.79 Å². The number of hydrogen-bond acceptors (Lipinski definition) is 6. The SMILES string of the molecule is CCOC1(C(=O)N2CCc3nnc(N(C)C)cc3C2)CCOC1. The Balaban J connectivity index is 1.80. The van der Waals surface area contributed by atoms with Crippen LogP contribution in [0.3, 0.4) is 0 Å². The Morgan fingerprint density at radius 1 is 1.48 bits per heavy atom. The van der Waals surface area contributed by atoms with Crippen LogP contribution in [0.2, 0.25) is 0 Å². The Morgan fingerprint density at radius 3 is 2.96 bits per heavy atom. The Kier molecular flexibility index (Phi) is 4.50. The molecule has 1 amide bonds. The van der Waals surface area contributed by atoms with E-state index in [1.807, 2.05) is 36.9 Å². The average Bonchev–Trinajstić information content (AvgIpc) is 3.03. The summed E-state index contributed by atoms with van der Waals surface area (Å²) in [6.07, 6.45) is 1.35. The predicted octanol–water partition coefficient (Wildman–Crippen LogP) is 0.623. The van der Waals surface area contributed by atoms with Crippen molar-refractivity contribution < 1.29 is 14.3 Å². The van der Waals surface area contributed by atoms with Crippen LogP contribution in [0.15, 0.2) is 6.07 Å². The van der Waals surface area contributed by atoms with Crippen molar-refractivity contribution in [1.82, 2.24) is 15.1 Å². The van der Waals surface area contributed by atoms with Crippen LogP contribution in [0, 0.1) is 0 Å². The molecule has 1 aromatic rings. The van der Waals surface area contributed by atoms with Gasteiger partial charge in [-0.3, -0.25) is 4.79 Å². The van der Waals surface area contributed by atoms with Gasteiger partial charge in [0.15, 0.2) is 11.4 Å². The molecule has 126 valence electrons. The molecular formula is C16H24N4O3. The van der Waals surface area contributed by atoms with Gasteiger partial charge in [-0.05, 0) is 18.6 Å². The maximum absolute atomic E-state index is 13.0. The molecule has 0 aromatic carbocycles. The van der Waals surface area contributed by atoms with Crippen LogP contribution in [0.25, 0.3) is 0 Å².